The molecule has 1 heterocycles. The molecule has 1 aromatic carbocycles. The maximum absolute atomic E-state index is 12.3. The van der Waals surface area contributed by atoms with E-state index in [0.717, 1.165) is 11.1 Å². The normalized spacial score (nSPS) is 10.6. The minimum atomic E-state index is -0.0386. The first-order valence-corrected chi connectivity index (χ1v) is 5.95. The summed E-state index contributed by atoms with van der Waals surface area (Å²) in [6, 6.07) is 5.80. The molecule has 0 unspecified atom stereocenters. The van der Waals surface area contributed by atoms with Crippen molar-refractivity contribution in [3.05, 3.63) is 53.1 Å². The Labute approximate surface area is 106 Å². The molecular formula is C14H17N3O. The molecule has 0 amide bonds. The lowest BCUT2D eigenvalue weighted by Gasteiger charge is -2.04. The zero-order valence-corrected chi connectivity index (χ0v) is 10.7. The molecule has 2 aromatic rings. The predicted octanol–water partition coefficient (Wildman–Crippen LogP) is 1.69. The number of rotatable bonds is 4. The number of nitrogens with two attached hydrogens (primary N) is 1. The van der Waals surface area contributed by atoms with Crippen LogP contribution in [-0.2, 0) is 6.54 Å². The van der Waals surface area contributed by atoms with Gasteiger partial charge in [0.25, 0.3) is 0 Å². The largest absolute Gasteiger partial charge is 0.335 e. The number of benzene rings is 1. The summed E-state index contributed by atoms with van der Waals surface area (Å²) in [7, 11) is 0. The second-order valence-electron chi connectivity index (χ2n) is 4.43. The lowest BCUT2D eigenvalue weighted by Crippen LogP contribution is -2.08. The fourth-order valence-electron chi connectivity index (χ4n) is 1.96. The van der Waals surface area contributed by atoms with Crippen LogP contribution in [0.25, 0.3) is 0 Å². The number of carbonyl (C=O) groups excluding carboxylic acids is 1. The van der Waals surface area contributed by atoms with Crippen molar-refractivity contribution in [2.45, 2.75) is 20.4 Å². The zero-order valence-electron chi connectivity index (χ0n) is 10.7. The molecule has 2 N–H and O–H groups in total. The molecule has 0 spiro atoms. The van der Waals surface area contributed by atoms with Gasteiger partial charge in [-0.3, -0.25) is 4.79 Å². The van der Waals surface area contributed by atoms with Gasteiger partial charge in [0, 0.05) is 24.8 Å². The van der Waals surface area contributed by atoms with E-state index < -0.39 is 0 Å². The van der Waals surface area contributed by atoms with Crippen molar-refractivity contribution in [3.63, 3.8) is 0 Å². The Balaban J connectivity index is 2.29. The monoisotopic (exact) mass is 243 g/mol. The zero-order chi connectivity index (χ0) is 13.1. The van der Waals surface area contributed by atoms with E-state index in [1.165, 1.54) is 0 Å². The quantitative estimate of drug-likeness (QED) is 0.831. The van der Waals surface area contributed by atoms with Gasteiger partial charge < -0.3 is 10.3 Å². The van der Waals surface area contributed by atoms with Gasteiger partial charge in [0.1, 0.15) is 5.69 Å². The highest BCUT2D eigenvalue weighted by Gasteiger charge is 2.14. The summed E-state index contributed by atoms with van der Waals surface area (Å²) in [6.45, 7) is 5.16. The standard InChI is InChI=1S/C14H17N3O/c1-10-3-4-12(11(2)7-10)14(18)13-8-17(6-5-15)9-16-13/h3-4,7-9H,5-6,15H2,1-2H3. The average molecular weight is 243 g/mol. The fraction of sp³-hybridized carbons (Fsp3) is 0.286. The van der Waals surface area contributed by atoms with E-state index in [-0.39, 0.29) is 5.78 Å². The molecule has 0 aliphatic carbocycles. The summed E-state index contributed by atoms with van der Waals surface area (Å²) in [5.74, 6) is -0.0386. The summed E-state index contributed by atoms with van der Waals surface area (Å²) in [4.78, 5) is 16.4. The van der Waals surface area contributed by atoms with Crippen molar-refractivity contribution in [2.75, 3.05) is 6.54 Å². The first kappa shape index (κ1) is 12.5. The highest BCUT2D eigenvalue weighted by Crippen LogP contribution is 2.14. The Hall–Kier alpha value is -1.94. The van der Waals surface area contributed by atoms with Crippen LogP contribution in [0.3, 0.4) is 0 Å². The van der Waals surface area contributed by atoms with Gasteiger partial charge in [-0.1, -0.05) is 23.8 Å². The van der Waals surface area contributed by atoms with Crippen LogP contribution in [0.15, 0.2) is 30.7 Å². The Bertz CT molecular complexity index is 572. The van der Waals surface area contributed by atoms with Crippen LogP contribution in [0.4, 0.5) is 0 Å². The fourth-order valence-corrected chi connectivity index (χ4v) is 1.96. The van der Waals surface area contributed by atoms with Gasteiger partial charge >= 0.3 is 0 Å². The molecule has 0 atom stereocenters. The number of aromatic nitrogens is 2. The first-order valence-electron chi connectivity index (χ1n) is 5.95. The first-order chi connectivity index (χ1) is 8.61. The van der Waals surface area contributed by atoms with Gasteiger partial charge in [-0.15, -0.1) is 0 Å². The van der Waals surface area contributed by atoms with E-state index in [1.54, 1.807) is 12.5 Å². The molecule has 0 fully saturated rings. The second-order valence-corrected chi connectivity index (χ2v) is 4.43. The summed E-state index contributed by atoms with van der Waals surface area (Å²) >= 11 is 0. The molecule has 0 bridgehead atoms. The molecule has 0 aliphatic rings. The van der Waals surface area contributed by atoms with Gasteiger partial charge in [0.15, 0.2) is 0 Å². The second kappa shape index (κ2) is 5.14. The minimum Gasteiger partial charge on any atom is -0.335 e. The average Bonchev–Trinajstić information content (AvgIpc) is 2.77. The van der Waals surface area contributed by atoms with Crippen LogP contribution < -0.4 is 5.73 Å². The topological polar surface area (TPSA) is 60.9 Å². The Morgan fingerprint density at radius 1 is 1.39 bits per heavy atom. The van der Waals surface area contributed by atoms with Crippen molar-refractivity contribution in [1.29, 1.82) is 0 Å². The van der Waals surface area contributed by atoms with E-state index in [4.69, 9.17) is 5.73 Å². The van der Waals surface area contributed by atoms with Gasteiger partial charge in [0.05, 0.1) is 6.33 Å². The highest BCUT2D eigenvalue weighted by atomic mass is 16.1. The van der Waals surface area contributed by atoms with E-state index in [9.17, 15) is 4.79 Å². The highest BCUT2D eigenvalue weighted by molar-refractivity contribution is 6.08. The van der Waals surface area contributed by atoms with Crippen LogP contribution >= 0.6 is 0 Å². The summed E-state index contributed by atoms with van der Waals surface area (Å²) in [6.07, 6.45) is 3.39. The third kappa shape index (κ3) is 2.49. The van der Waals surface area contributed by atoms with Crippen LogP contribution in [0.2, 0.25) is 0 Å². The molecular weight excluding hydrogens is 226 g/mol. The molecule has 4 heteroatoms. The number of hydrogen-bond acceptors (Lipinski definition) is 3. The molecule has 4 nitrogen and oxygen atoms in total. The maximum atomic E-state index is 12.3. The predicted molar refractivity (Wildman–Crippen MR) is 70.6 cm³/mol. The van der Waals surface area contributed by atoms with Crippen LogP contribution in [0, 0.1) is 13.8 Å². The van der Waals surface area contributed by atoms with E-state index in [2.05, 4.69) is 4.98 Å². The smallest absolute Gasteiger partial charge is 0.213 e. The lowest BCUT2D eigenvalue weighted by molar-refractivity contribution is 0.103. The van der Waals surface area contributed by atoms with Gasteiger partial charge in [-0.05, 0) is 19.4 Å². The number of ketones is 1. The van der Waals surface area contributed by atoms with Gasteiger partial charge in [-0.25, -0.2) is 4.98 Å². The van der Waals surface area contributed by atoms with Crippen molar-refractivity contribution >= 4 is 5.78 Å². The molecule has 2 rings (SSSR count). The number of hydrogen-bond donors (Lipinski definition) is 1. The molecule has 0 saturated heterocycles. The summed E-state index contributed by atoms with van der Waals surface area (Å²) in [5, 5.41) is 0. The van der Waals surface area contributed by atoms with Crippen molar-refractivity contribution in [1.82, 2.24) is 9.55 Å². The summed E-state index contributed by atoms with van der Waals surface area (Å²) < 4.78 is 1.83. The molecule has 0 radical (unpaired) electrons. The number of carbonyl (C=O) groups is 1. The van der Waals surface area contributed by atoms with Crippen LogP contribution in [0.1, 0.15) is 27.2 Å². The van der Waals surface area contributed by atoms with E-state index in [0.29, 0.717) is 24.3 Å². The third-order valence-corrected chi connectivity index (χ3v) is 2.88. The number of aryl methyl sites for hydroxylation is 2. The van der Waals surface area contributed by atoms with Gasteiger partial charge in [0.2, 0.25) is 5.78 Å². The Morgan fingerprint density at radius 2 is 2.17 bits per heavy atom. The number of nitrogens with zero attached hydrogens (tertiary/aromatic N) is 2. The summed E-state index contributed by atoms with van der Waals surface area (Å²) in [5.41, 5.74) is 8.77. The van der Waals surface area contributed by atoms with Gasteiger partial charge in [-0.2, -0.15) is 0 Å². The Kier molecular flexibility index (Phi) is 3.58. The third-order valence-electron chi connectivity index (χ3n) is 2.88. The van der Waals surface area contributed by atoms with Crippen molar-refractivity contribution < 1.29 is 4.79 Å². The molecule has 0 aliphatic heterocycles. The van der Waals surface area contributed by atoms with Crippen LogP contribution in [0.5, 0.6) is 0 Å². The number of imidazole rings is 1. The molecule has 94 valence electrons. The molecule has 18 heavy (non-hydrogen) atoms. The van der Waals surface area contributed by atoms with Crippen molar-refractivity contribution in [3.8, 4) is 0 Å². The van der Waals surface area contributed by atoms with Crippen LogP contribution in [-0.4, -0.2) is 21.9 Å². The van der Waals surface area contributed by atoms with E-state index in [1.807, 2.05) is 36.6 Å². The molecule has 0 saturated carbocycles. The van der Waals surface area contributed by atoms with E-state index >= 15 is 0 Å². The SMILES string of the molecule is Cc1ccc(C(=O)c2cn(CCN)cn2)c(C)c1. The van der Waals surface area contributed by atoms with Crippen molar-refractivity contribution in [2.24, 2.45) is 5.73 Å². The molecule has 1 aromatic heterocycles. The maximum Gasteiger partial charge on any atom is 0.213 e. The minimum absolute atomic E-state index is 0.0386. The lowest BCUT2D eigenvalue weighted by atomic mass is 10.0. The Morgan fingerprint density at radius 3 is 2.83 bits per heavy atom.